The van der Waals surface area contributed by atoms with Gasteiger partial charge in [-0.05, 0) is 43.0 Å². The van der Waals surface area contributed by atoms with Crippen LogP contribution in [0.5, 0.6) is 5.75 Å². The van der Waals surface area contributed by atoms with Gasteiger partial charge in [-0.15, -0.1) is 0 Å². The summed E-state index contributed by atoms with van der Waals surface area (Å²) in [4.78, 5) is 0. The molecular formula is C15H23NO. The van der Waals surface area contributed by atoms with Gasteiger partial charge in [-0.2, -0.15) is 0 Å². The smallest absolute Gasteiger partial charge is 0.119 e. The zero-order chi connectivity index (χ0) is 12.1. The molecule has 0 aliphatic heterocycles. The Balaban J connectivity index is 1.90. The summed E-state index contributed by atoms with van der Waals surface area (Å²) in [5.74, 6) is 1.84. The standard InChI is InChI=1S/C15H23NO/c1-3-12-5-4-6-14(11-12)16-13-7-9-15(17-2)10-8-13/h7-10,12,14,16H,3-6,11H2,1-2H3. The Bertz CT molecular complexity index is 333. The zero-order valence-electron chi connectivity index (χ0n) is 10.9. The van der Waals surface area contributed by atoms with E-state index in [0.29, 0.717) is 6.04 Å². The SMILES string of the molecule is CCC1CCCC(Nc2ccc(OC)cc2)C1. The molecule has 1 fully saturated rings. The summed E-state index contributed by atoms with van der Waals surface area (Å²) in [5, 5.41) is 3.64. The fourth-order valence-electron chi connectivity index (χ4n) is 2.72. The zero-order valence-corrected chi connectivity index (χ0v) is 10.9. The lowest BCUT2D eigenvalue weighted by molar-refractivity contribution is 0.327. The molecule has 0 amide bonds. The van der Waals surface area contributed by atoms with Crippen LogP contribution in [0.15, 0.2) is 24.3 Å². The fraction of sp³-hybridized carbons (Fsp3) is 0.600. The molecular weight excluding hydrogens is 210 g/mol. The van der Waals surface area contributed by atoms with Gasteiger partial charge in [0.1, 0.15) is 5.75 Å². The molecule has 1 aromatic rings. The van der Waals surface area contributed by atoms with Crippen molar-refractivity contribution in [1.82, 2.24) is 0 Å². The summed E-state index contributed by atoms with van der Waals surface area (Å²) in [6.07, 6.45) is 6.73. The second-order valence-corrected chi connectivity index (χ2v) is 5.01. The minimum Gasteiger partial charge on any atom is -0.497 e. The molecule has 0 aromatic heterocycles. The van der Waals surface area contributed by atoms with Crippen molar-refractivity contribution < 1.29 is 4.74 Å². The maximum Gasteiger partial charge on any atom is 0.119 e. The lowest BCUT2D eigenvalue weighted by Crippen LogP contribution is -2.26. The van der Waals surface area contributed by atoms with Crippen LogP contribution >= 0.6 is 0 Å². The van der Waals surface area contributed by atoms with Gasteiger partial charge in [0.05, 0.1) is 7.11 Å². The normalized spacial score (nSPS) is 24.4. The highest BCUT2D eigenvalue weighted by molar-refractivity contribution is 5.47. The highest BCUT2D eigenvalue weighted by Crippen LogP contribution is 2.29. The number of hydrogen-bond donors (Lipinski definition) is 1. The van der Waals surface area contributed by atoms with Crippen molar-refractivity contribution in [3.8, 4) is 5.75 Å². The lowest BCUT2D eigenvalue weighted by atomic mass is 9.84. The number of hydrogen-bond acceptors (Lipinski definition) is 2. The molecule has 2 rings (SSSR count). The van der Waals surface area contributed by atoms with Gasteiger partial charge in [-0.25, -0.2) is 0 Å². The summed E-state index contributed by atoms with van der Waals surface area (Å²) in [7, 11) is 1.70. The van der Waals surface area contributed by atoms with Crippen molar-refractivity contribution in [2.24, 2.45) is 5.92 Å². The van der Waals surface area contributed by atoms with Crippen molar-refractivity contribution >= 4 is 5.69 Å². The number of nitrogens with one attached hydrogen (secondary N) is 1. The summed E-state index contributed by atoms with van der Waals surface area (Å²) < 4.78 is 5.17. The van der Waals surface area contributed by atoms with E-state index in [1.807, 2.05) is 12.1 Å². The summed E-state index contributed by atoms with van der Waals surface area (Å²) in [5.41, 5.74) is 1.22. The van der Waals surface area contributed by atoms with Gasteiger partial charge in [-0.3, -0.25) is 0 Å². The van der Waals surface area contributed by atoms with Crippen LogP contribution in [0, 0.1) is 5.92 Å². The first-order valence-corrected chi connectivity index (χ1v) is 6.72. The van der Waals surface area contributed by atoms with Gasteiger partial charge < -0.3 is 10.1 Å². The highest BCUT2D eigenvalue weighted by Gasteiger charge is 2.20. The molecule has 1 aromatic carbocycles. The molecule has 2 heteroatoms. The monoisotopic (exact) mass is 233 g/mol. The van der Waals surface area contributed by atoms with Crippen LogP contribution < -0.4 is 10.1 Å². The van der Waals surface area contributed by atoms with Crippen LogP contribution in [0.1, 0.15) is 39.0 Å². The second-order valence-electron chi connectivity index (χ2n) is 5.01. The second kappa shape index (κ2) is 5.95. The topological polar surface area (TPSA) is 21.3 Å². The van der Waals surface area contributed by atoms with Crippen LogP contribution in [0.3, 0.4) is 0 Å². The van der Waals surface area contributed by atoms with Crippen LogP contribution in [-0.2, 0) is 0 Å². The van der Waals surface area contributed by atoms with Gasteiger partial charge in [0.2, 0.25) is 0 Å². The van der Waals surface area contributed by atoms with Gasteiger partial charge in [0.25, 0.3) is 0 Å². The van der Waals surface area contributed by atoms with Gasteiger partial charge in [-0.1, -0.05) is 26.2 Å². The third kappa shape index (κ3) is 3.39. The maximum atomic E-state index is 5.17. The molecule has 2 atom stereocenters. The van der Waals surface area contributed by atoms with E-state index in [1.165, 1.54) is 37.8 Å². The largest absolute Gasteiger partial charge is 0.497 e. The third-order valence-electron chi connectivity index (χ3n) is 3.82. The lowest BCUT2D eigenvalue weighted by Gasteiger charge is -2.29. The number of benzene rings is 1. The van der Waals surface area contributed by atoms with Gasteiger partial charge >= 0.3 is 0 Å². The minimum absolute atomic E-state index is 0.655. The summed E-state index contributed by atoms with van der Waals surface area (Å²) in [6.45, 7) is 2.31. The van der Waals surface area contributed by atoms with E-state index < -0.39 is 0 Å². The molecule has 0 heterocycles. The Morgan fingerprint density at radius 2 is 2.00 bits per heavy atom. The predicted octanol–water partition coefficient (Wildman–Crippen LogP) is 4.08. The van der Waals surface area contributed by atoms with Gasteiger partial charge in [0.15, 0.2) is 0 Å². The highest BCUT2D eigenvalue weighted by atomic mass is 16.5. The summed E-state index contributed by atoms with van der Waals surface area (Å²) in [6, 6.07) is 8.90. The molecule has 0 saturated heterocycles. The Morgan fingerprint density at radius 1 is 1.24 bits per heavy atom. The van der Waals surface area contributed by atoms with Crippen LogP contribution in [0.2, 0.25) is 0 Å². The van der Waals surface area contributed by atoms with Crippen molar-refractivity contribution in [3.05, 3.63) is 24.3 Å². The molecule has 17 heavy (non-hydrogen) atoms. The third-order valence-corrected chi connectivity index (χ3v) is 3.82. The molecule has 1 saturated carbocycles. The minimum atomic E-state index is 0.655. The first-order chi connectivity index (χ1) is 8.31. The number of methoxy groups -OCH3 is 1. The molecule has 94 valence electrons. The Hall–Kier alpha value is -1.18. The number of anilines is 1. The van der Waals surface area contributed by atoms with Crippen molar-refractivity contribution in [2.75, 3.05) is 12.4 Å². The Labute approximate surface area is 104 Å². The maximum absolute atomic E-state index is 5.17. The molecule has 2 nitrogen and oxygen atoms in total. The van der Waals surface area contributed by atoms with E-state index in [0.717, 1.165) is 11.7 Å². The molecule has 0 radical (unpaired) electrons. The average Bonchev–Trinajstić information content (AvgIpc) is 2.40. The van der Waals surface area contributed by atoms with Crippen molar-refractivity contribution in [2.45, 2.75) is 45.1 Å². The molecule has 1 N–H and O–H groups in total. The first-order valence-electron chi connectivity index (χ1n) is 6.72. The molecule has 0 bridgehead atoms. The molecule has 1 aliphatic rings. The van der Waals surface area contributed by atoms with E-state index in [-0.39, 0.29) is 0 Å². The predicted molar refractivity (Wildman–Crippen MR) is 72.7 cm³/mol. The summed E-state index contributed by atoms with van der Waals surface area (Å²) >= 11 is 0. The quantitative estimate of drug-likeness (QED) is 0.846. The molecule has 2 unspecified atom stereocenters. The van der Waals surface area contributed by atoms with E-state index >= 15 is 0 Å². The first kappa shape index (κ1) is 12.3. The van der Waals surface area contributed by atoms with Crippen molar-refractivity contribution in [3.63, 3.8) is 0 Å². The van der Waals surface area contributed by atoms with E-state index in [9.17, 15) is 0 Å². The van der Waals surface area contributed by atoms with Crippen LogP contribution in [-0.4, -0.2) is 13.2 Å². The van der Waals surface area contributed by atoms with E-state index in [2.05, 4.69) is 24.4 Å². The Morgan fingerprint density at radius 3 is 2.65 bits per heavy atom. The number of rotatable bonds is 4. The molecule has 1 aliphatic carbocycles. The van der Waals surface area contributed by atoms with Crippen molar-refractivity contribution in [1.29, 1.82) is 0 Å². The van der Waals surface area contributed by atoms with Crippen LogP contribution in [0.4, 0.5) is 5.69 Å². The Kier molecular flexibility index (Phi) is 4.29. The van der Waals surface area contributed by atoms with Crippen LogP contribution in [0.25, 0.3) is 0 Å². The van der Waals surface area contributed by atoms with Gasteiger partial charge in [0, 0.05) is 11.7 Å². The van der Waals surface area contributed by atoms with E-state index in [1.54, 1.807) is 7.11 Å². The number of ether oxygens (including phenoxy) is 1. The van der Waals surface area contributed by atoms with E-state index in [4.69, 9.17) is 4.74 Å². The molecule has 0 spiro atoms. The average molecular weight is 233 g/mol. The fourth-order valence-corrected chi connectivity index (χ4v) is 2.72.